The third-order valence-corrected chi connectivity index (χ3v) is 5.37. The highest BCUT2D eigenvalue weighted by molar-refractivity contribution is 5.92. The average Bonchev–Trinajstić information content (AvgIpc) is 3.17. The number of nitrogens with zero attached hydrogens (tertiary/aromatic N) is 3. The van der Waals surface area contributed by atoms with E-state index in [0.29, 0.717) is 5.39 Å². The van der Waals surface area contributed by atoms with Crippen molar-refractivity contribution >= 4 is 16.7 Å². The van der Waals surface area contributed by atoms with E-state index in [1.807, 2.05) is 18.2 Å². The summed E-state index contributed by atoms with van der Waals surface area (Å²) in [6, 6.07) is 8.87. The highest BCUT2D eigenvalue weighted by Crippen LogP contribution is 2.34. The van der Waals surface area contributed by atoms with Crippen molar-refractivity contribution in [3.63, 3.8) is 0 Å². The number of rotatable bonds is 5. The van der Waals surface area contributed by atoms with Crippen molar-refractivity contribution in [3.05, 3.63) is 58.3 Å². The molecule has 2 heterocycles. The van der Waals surface area contributed by atoms with Crippen LogP contribution in [0.4, 0.5) is 8.78 Å². The first-order valence-electron chi connectivity index (χ1n) is 9.61. The molecule has 1 saturated carbocycles. The number of carbonyl (C=O) groups is 1. The van der Waals surface area contributed by atoms with Crippen LogP contribution < -0.4 is 10.9 Å². The van der Waals surface area contributed by atoms with Crippen molar-refractivity contribution in [2.75, 3.05) is 0 Å². The Balaban J connectivity index is 1.39. The normalized spacial score (nSPS) is 19.6. The van der Waals surface area contributed by atoms with E-state index >= 15 is 0 Å². The summed E-state index contributed by atoms with van der Waals surface area (Å²) in [5, 5.41) is 15.2. The number of nitrogens with one attached hydrogen (secondary N) is 2. The van der Waals surface area contributed by atoms with Gasteiger partial charge in [-0.15, -0.1) is 0 Å². The Morgan fingerprint density at radius 3 is 2.62 bits per heavy atom. The zero-order valence-corrected chi connectivity index (χ0v) is 15.6. The fraction of sp³-hybridized carbons (Fsp3) is 0.400. The van der Waals surface area contributed by atoms with E-state index in [9.17, 15) is 18.4 Å². The van der Waals surface area contributed by atoms with Crippen LogP contribution in [-0.4, -0.2) is 38.4 Å². The summed E-state index contributed by atoms with van der Waals surface area (Å²) in [4.78, 5) is 24.3. The maximum absolute atomic E-state index is 12.4. The molecule has 1 amide bonds. The van der Waals surface area contributed by atoms with Gasteiger partial charge in [0.2, 0.25) is 0 Å². The van der Waals surface area contributed by atoms with E-state index in [1.165, 1.54) is 12.3 Å². The van der Waals surface area contributed by atoms with Crippen LogP contribution in [0, 0.1) is 0 Å². The fourth-order valence-corrected chi connectivity index (χ4v) is 3.94. The second-order valence-corrected chi connectivity index (χ2v) is 7.32. The minimum absolute atomic E-state index is 0.00646. The zero-order chi connectivity index (χ0) is 20.4. The van der Waals surface area contributed by atoms with Crippen LogP contribution in [0.3, 0.4) is 0 Å². The number of fused-ring (bicyclic) bond motifs is 1. The molecule has 3 aromatic rings. The highest BCUT2D eigenvalue weighted by Gasteiger charge is 2.26. The summed E-state index contributed by atoms with van der Waals surface area (Å²) in [6.07, 6.45) is 2.05. The van der Waals surface area contributed by atoms with Gasteiger partial charge in [0.15, 0.2) is 0 Å². The van der Waals surface area contributed by atoms with Crippen molar-refractivity contribution < 1.29 is 13.6 Å². The molecule has 4 rings (SSSR count). The van der Waals surface area contributed by atoms with Gasteiger partial charge >= 0.3 is 0 Å². The molecule has 7 nitrogen and oxygen atoms in total. The molecule has 0 spiro atoms. The topological polar surface area (TPSA) is 92.7 Å². The van der Waals surface area contributed by atoms with Crippen LogP contribution in [-0.2, 0) is 6.54 Å². The molecule has 2 N–H and O–H groups in total. The summed E-state index contributed by atoms with van der Waals surface area (Å²) in [7, 11) is 0. The van der Waals surface area contributed by atoms with E-state index in [0.717, 1.165) is 41.4 Å². The lowest BCUT2D eigenvalue weighted by Crippen LogP contribution is -2.37. The number of H-pyrrole nitrogens is 1. The minimum atomic E-state index is -2.52. The van der Waals surface area contributed by atoms with Crippen molar-refractivity contribution in [1.29, 1.82) is 0 Å². The Kier molecular flexibility index (Phi) is 5.37. The van der Waals surface area contributed by atoms with Gasteiger partial charge in [-0.05, 0) is 37.8 Å². The number of hydrogen-bond donors (Lipinski definition) is 2. The second kappa shape index (κ2) is 8.10. The van der Waals surface area contributed by atoms with Crippen LogP contribution in [0.25, 0.3) is 10.8 Å². The molecule has 1 aliphatic carbocycles. The molecule has 0 radical (unpaired) electrons. The molecule has 29 heavy (non-hydrogen) atoms. The van der Waals surface area contributed by atoms with E-state index in [4.69, 9.17) is 0 Å². The minimum Gasteiger partial charge on any atom is -0.348 e. The first-order chi connectivity index (χ1) is 14.0. The van der Waals surface area contributed by atoms with Gasteiger partial charge in [-0.1, -0.05) is 18.2 Å². The van der Waals surface area contributed by atoms with Crippen LogP contribution in [0.15, 0.2) is 41.3 Å². The molecule has 0 bridgehead atoms. The van der Waals surface area contributed by atoms with E-state index in [2.05, 4.69) is 20.6 Å². The van der Waals surface area contributed by atoms with Gasteiger partial charge < -0.3 is 5.32 Å². The molecular weight excluding hydrogens is 380 g/mol. The third-order valence-electron chi connectivity index (χ3n) is 5.37. The molecule has 1 fully saturated rings. The van der Waals surface area contributed by atoms with Crippen molar-refractivity contribution in [3.8, 4) is 0 Å². The van der Waals surface area contributed by atoms with E-state index in [1.54, 1.807) is 6.07 Å². The number of amides is 1. The summed E-state index contributed by atoms with van der Waals surface area (Å²) in [5.74, 6) is -0.149. The van der Waals surface area contributed by atoms with E-state index in [-0.39, 0.29) is 29.1 Å². The van der Waals surface area contributed by atoms with Gasteiger partial charge in [-0.2, -0.15) is 10.2 Å². The number of halogens is 2. The Morgan fingerprint density at radius 1 is 1.17 bits per heavy atom. The van der Waals surface area contributed by atoms with Gasteiger partial charge in [-0.25, -0.2) is 13.9 Å². The van der Waals surface area contributed by atoms with Crippen molar-refractivity contribution in [2.45, 2.75) is 50.6 Å². The van der Waals surface area contributed by atoms with Gasteiger partial charge in [0.25, 0.3) is 17.9 Å². The molecule has 0 unspecified atom stereocenters. The van der Waals surface area contributed by atoms with Crippen molar-refractivity contribution in [2.24, 2.45) is 0 Å². The lowest BCUT2D eigenvalue weighted by Gasteiger charge is -2.29. The van der Waals surface area contributed by atoms with Gasteiger partial charge in [0.1, 0.15) is 12.2 Å². The van der Waals surface area contributed by atoms with Gasteiger partial charge in [0, 0.05) is 23.5 Å². The molecule has 0 aliphatic heterocycles. The molecule has 1 aliphatic rings. The molecule has 9 heteroatoms. The molecule has 0 atom stereocenters. The van der Waals surface area contributed by atoms with Crippen LogP contribution in [0.5, 0.6) is 0 Å². The predicted molar refractivity (Wildman–Crippen MR) is 103 cm³/mol. The molecule has 152 valence electrons. The van der Waals surface area contributed by atoms with Gasteiger partial charge in [0.05, 0.1) is 11.1 Å². The van der Waals surface area contributed by atoms with Crippen molar-refractivity contribution in [1.82, 2.24) is 25.3 Å². The monoisotopic (exact) mass is 401 g/mol. The number of hydrogen-bond acceptors (Lipinski definition) is 4. The molecular formula is C20H21F2N5O2. The number of carbonyl (C=O) groups excluding carboxylic acids is 1. The standard InChI is InChI=1S/C20H21F2N5O2/c21-17(22)11-27-10-9-16(26-27)20(29)23-13-7-5-12(6-8-13)18-14-3-1-2-4-15(14)19(28)25-24-18/h1-4,9-10,12-13,17H,5-8,11H2,(H,23,29)(H,25,28). The van der Waals surface area contributed by atoms with Crippen LogP contribution >= 0.6 is 0 Å². The fourth-order valence-electron chi connectivity index (χ4n) is 3.94. The largest absolute Gasteiger partial charge is 0.348 e. The summed E-state index contributed by atoms with van der Waals surface area (Å²) in [5.41, 5.74) is 0.827. The average molecular weight is 401 g/mol. The lowest BCUT2D eigenvalue weighted by atomic mass is 9.82. The second-order valence-electron chi connectivity index (χ2n) is 7.32. The number of alkyl halides is 2. The van der Waals surface area contributed by atoms with Gasteiger partial charge in [-0.3, -0.25) is 14.3 Å². The Labute approximate surface area is 165 Å². The summed E-state index contributed by atoms with van der Waals surface area (Å²) >= 11 is 0. The highest BCUT2D eigenvalue weighted by atomic mass is 19.3. The lowest BCUT2D eigenvalue weighted by molar-refractivity contribution is 0.0915. The molecule has 1 aromatic carbocycles. The van der Waals surface area contributed by atoms with Crippen LogP contribution in [0.2, 0.25) is 0 Å². The Morgan fingerprint density at radius 2 is 1.90 bits per heavy atom. The van der Waals surface area contributed by atoms with Crippen LogP contribution in [0.1, 0.15) is 47.8 Å². The number of aromatic amines is 1. The number of aromatic nitrogens is 4. The number of benzene rings is 1. The zero-order valence-electron chi connectivity index (χ0n) is 15.6. The van der Waals surface area contributed by atoms with E-state index < -0.39 is 13.0 Å². The quantitative estimate of drug-likeness (QED) is 0.688. The molecule has 0 saturated heterocycles. The Bertz CT molecular complexity index is 1070. The first-order valence-corrected chi connectivity index (χ1v) is 9.61. The summed E-state index contributed by atoms with van der Waals surface area (Å²) in [6.45, 7) is -0.529. The maximum Gasteiger partial charge on any atom is 0.272 e. The molecule has 2 aromatic heterocycles. The SMILES string of the molecule is O=C(NC1CCC(c2n[nH]c(=O)c3ccccc23)CC1)c1ccn(CC(F)F)n1. The maximum atomic E-state index is 12.4. The smallest absolute Gasteiger partial charge is 0.272 e. The first kappa shape index (κ1) is 19.2. The third kappa shape index (κ3) is 4.18. The Hall–Kier alpha value is -3.10. The summed E-state index contributed by atoms with van der Waals surface area (Å²) < 4.78 is 25.9. The predicted octanol–water partition coefficient (Wildman–Crippen LogP) is 2.84.